The number of amidine groups is 1. The van der Waals surface area contributed by atoms with Crippen molar-refractivity contribution in [2.45, 2.75) is 26.3 Å². The predicted molar refractivity (Wildman–Crippen MR) is 89.6 cm³/mol. The van der Waals surface area contributed by atoms with Crippen LogP contribution in [0.3, 0.4) is 0 Å². The van der Waals surface area contributed by atoms with Crippen molar-refractivity contribution in [2.24, 2.45) is 10.1 Å². The van der Waals surface area contributed by atoms with Crippen molar-refractivity contribution in [1.82, 2.24) is 5.43 Å². The fourth-order valence-electron chi connectivity index (χ4n) is 1.26. The zero-order valence-corrected chi connectivity index (χ0v) is 14.1. The number of nitrogens with one attached hydrogen (secondary N) is 1. The number of thioether (sulfide) groups is 1. The third-order valence-electron chi connectivity index (χ3n) is 2.05. The van der Waals surface area contributed by atoms with Gasteiger partial charge in [0.2, 0.25) is 0 Å². The lowest BCUT2D eigenvalue weighted by Gasteiger charge is -2.14. The van der Waals surface area contributed by atoms with E-state index in [9.17, 15) is 5.11 Å². The summed E-state index contributed by atoms with van der Waals surface area (Å²) in [5.41, 5.74) is 3.07. The number of phenolic OH excluding ortho intramolecular Hbond substituents is 1. The van der Waals surface area contributed by atoms with Gasteiger partial charge in [0, 0.05) is 10.6 Å². The summed E-state index contributed by atoms with van der Waals surface area (Å²) in [6, 6.07) is 3.05. The molecule has 0 spiro atoms. The molecular formula is C13H17Cl2N3OS. The minimum Gasteiger partial charge on any atom is -0.506 e. The van der Waals surface area contributed by atoms with E-state index in [2.05, 4.69) is 15.5 Å². The molecule has 0 fully saturated rings. The number of benzene rings is 1. The van der Waals surface area contributed by atoms with E-state index in [1.54, 1.807) is 6.07 Å². The van der Waals surface area contributed by atoms with Crippen LogP contribution in [0.4, 0.5) is 0 Å². The van der Waals surface area contributed by atoms with E-state index in [0.29, 0.717) is 15.8 Å². The van der Waals surface area contributed by atoms with Crippen LogP contribution in [0.2, 0.25) is 10.0 Å². The number of hydrogen-bond acceptors (Lipinski definition) is 4. The third kappa shape index (κ3) is 5.61. The Balaban J connectivity index is 2.86. The van der Waals surface area contributed by atoms with E-state index in [1.807, 2.05) is 27.0 Å². The fourth-order valence-corrected chi connectivity index (χ4v) is 2.28. The van der Waals surface area contributed by atoms with E-state index in [-0.39, 0.29) is 16.3 Å². The molecule has 110 valence electrons. The molecule has 1 aromatic carbocycles. The second kappa shape index (κ2) is 7.20. The van der Waals surface area contributed by atoms with Crippen LogP contribution in [-0.2, 0) is 0 Å². The van der Waals surface area contributed by atoms with E-state index >= 15 is 0 Å². The van der Waals surface area contributed by atoms with Gasteiger partial charge in [0.1, 0.15) is 5.75 Å². The smallest absolute Gasteiger partial charge is 0.177 e. The molecule has 7 heteroatoms. The number of aromatic hydroxyl groups is 1. The van der Waals surface area contributed by atoms with Crippen molar-refractivity contribution in [3.05, 3.63) is 27.7 Å². The van der Waals surface area contributed by atoms with Crippen LogP contribution in [0.5, 0.6) is 5.75 Å². The minimum atomic E-state index is -0.192. The molecule has 0 aliphatic heterocycles. The lowest BCUT2D eigenvalue weighted by atomic mass is 10.1. The molecule has 20 heavy (non-hydrogen) atoms. The van der Waals surface area contributed by atoms with Gasteiger partial charge in [-0.25, -0.2) is 0 Å². The summed E-state index contributed by atoms with van der Waals surface area (Å²) in [4.78, 5) is 4.46. The summed E-state index contributed by atoms with van der Waals surface area (Å²) in [6.07, 6.45) is 3.35. The molecule has 0 bridgehead atoms. The monoisotopic (exact) mass is 333 g/mol. The summed E-state index contributed by atoms with van der Waals surface area (Å²) >= 11 is 13.2. The Hall–Kier alpha value is -0.910. The molecular weight excluding hydrogens is 317 g/mol. The number of phenols is 1. The van der Waals surface area contributed by atoms with Gasteiger partial charge in [0.15, 0.2) is 5.17 Å². The molecule has 0 heterocycles. The maximum Gasteiger partial charge on any atom is 0.177 e. The van der Waals surface area contributed by atoms with E-state index in [1.165, 1.54) is 24.0 Å². The number of aliphatic imine (C=N–C) groups is 1. The summed E-state index contributed by atoms with van der Waals surface area (Å²) in [5.74, 6) is -0.0555. The van der Waals surface area contributed by atoms with Gasteiger partial charge in [-0.3, -0.25) is 10.4 Å². The first-order valence-corrected chi connectivity index (χ1v) is 7.82. The number of hydrazone groups is 1. The van der Waals surface area contributed by atoms with Crippen LogP contribution in [0.15, 0.2) is 22.2 Å². The van der Waals surface area contributed by atoms with Crippen molar-refractivity contribution in [3.63, 3.8) is 0 Å². The lowest BCUT2D eigenvalue weighted by molar-refractivity contribution is 0.474. The van der Waals surface area contributed by atoms with Crippen LogP contribution in [0.25, 0.3) is 0 Å². The third-order valence-corrected chi connectivity index (χ3v) is 3.13. The Morgan fingerprint density at radius 2 is 2.00 bits per heavy atom. The van der Waals surface area contributed by atoms with Gasteiger partial charge in [0.25, 0.3) is 0 Å². The van der Waals surface area contributed by atoms with Gasteiger partial charge in [-0.15, -0.1) is 0 Å². The number of hydrogen-bond donors (Lipinski definition) is 2. The Labute approximate surface area is 133 Å². The normalized spacial score (nSPS) is 13.0. The highest BCUT2D eigenvalue weighted by molar-refractivity contribution is 8.13. The lowest BCUT2D eigenvalue weighted by Crippen LogP contribution is -2.20. The summed E-state index contributed by atoms with van der Waals surface area (Å²) in [5, 5.41) is 15.1. The van der Waals surface area contributed by atoms with Crippen LogP contribution in [0.1, 0.15) is 26.3 Å². The molecule has 0 saturated heterocycles. The van der Waals surface area contributed by atoms with Gasteiger partial charge in [0.05, 0.1) is 16.8 Å². The van der Waals surface area contributed by atoms with Gasteiger partial charge in [-0.1, -0.05) is 35.0 Å². The summed E-state index contributed by atoms with van der Waals surface area (Å²) in [6.45, 7) is 5.99. The molecule has 0 saturated carbocycles. The molecule has 0 aliphatic rings. The highest BCUT2D eigenvalue weighted by atomic mass is 35.5. The molecule has 2 N–H and O–H groups in total. The average Bonchev–Trinajstić information content (AvgIpc) is 2.32. The van der Waals surface area contributed by atoms with Crippen molar-refractivity contribution < 1.29 is 5.11 Å². The van der Waals surface area contributed by atoms with Crippen LogP contribution in [-0.4, -0.2) is 28.3 Å². The molecule has 0 atom stereocenters. The quantitative estimate of drug-likeness (QED) is 0.485. The van der Waals surface area contributed by atoms with Crippen molar-refractivity contribution in [3.8, 4) is 5.75 Å². The van der Waals surface area contributed by atoms with Gasteiger partial charge >= 0.3 is 0 Å². The van der Waals surface area contributed by atoms with Crippen LogP contribution >= 0.6 is 35.0 Å². The Morgan fingerprint density at radius 1 is 1.35 bits per heavy atom. The topological polar surface area (TPSA) is 57.0 Å². The standard InChI is InChI=1S/C13H17Cl2N3OS/c1-13(2,3)17-12(20-4)18-16-7-8-5-9(14)6-10(15)11(8)19/h5-7,19H,1-4H3,(H,17,18). The molecule has 1 aromatic rings. The number of nitrogens with zero attached hydrogens (tertiary/aromatic N) is 2. The largest absolute Gasteiger partial charge is 0.506 e. The first kappa shape index (κ1) is 17.1. The maximum absolute atomic E-state index is 9.79. The van der Waals surface area contributed by atoms with Crippen molar-refractivity contribution in [1.29, 1.82) is 0 Å². The van der Waals surface area contributed by atoms with Gasteiger partial charge in [-0.2, -0.15) is 5.10 Å². The molecule has 1 rings (SSSR count). The first-order chi connectivity index (χ1) is 9.23. The molecule has 0 amide bonds. The SMILES string of the molecule is CSC(=NC(C)(C)C)NN=Cc1cc(Cl)cc(Cl)c1O. The number of rotatable bonds is 2. The van der Waals surface area contributed by atoms with Crippen LogP contribution < -0.4 is 5.43 Å². The molecule has 0 unspecified atom stereocenters. The fraction of sp³-hybridized carbons (Fsp3) is 0.385. The zero-order valence-electron chi connectivity index (χ0n) is 11.7. The molecule has 4 nitrogen and oxygen atoms in total. The maximum atomic E-state index is 9.79. The molecule has 0 aromatic heterocycles. The molecule has 0 aliphatic carbocycles. The highest BCUT2D eigenvalue weighted by Crippen LogP contribution is 2.29. The summed E-state index contributed by atoms with van der Waals surface area (Å²) in [7, 11) is 0. The van der Waals surface area contributed by atoms with Crippen molar-refractivity contribution in [2.75, 3.05) is 6.26 Å². The van der Waals surface area contributed by atoms with Gasteiger partial charge < -0.3 is 5.11 Å². The van der Waals surface area contributed by atoms with Crippen LogP contribution in [0, 0.1) is 0 Å². The Kier molecular flexibility index (Phi) is 6.17. The predicted octanol–water partition coefficient (Wildman–Crippen LogP) is 4.14. The Bertz CT molecular complexity index is 539. The van der Waals surface area contributed by atoms with Gasteiger partial charge in [-0.05, 0) is 39.2 Å². The second-order valence-electron chi connectivity index (χ2n) is 4.99. The van der Waals surface area contributed by atoms with E-state index in [0.717, 1.165) is 0 Å². The summed E-state index contributed by atoms with van der Waals surface area (Å²) < 4.78 is 0. The van der Waals surface area contributed by atoms with E-state index < -0.39 is 0 Å². The minimum absolute atomic E-state index is 0.0555. The number of halogens is 2. The van der Waals surface area contributed by atoms with Crippen molar-refractivity contribution >= 4 is 46.3 Å². The zero-order chi connectivity index (χ0) is 15.3. The Morgan fingerprint density at radius 3 is 2.55 bits per heavy atom. The highest BCUT2D eigenvalue weighted by Gasteiger charge is 2.09. The van der Waals surface area contributed by atoms with E-state index in [4.69, 9.17) is 23.2 Å². The average molecular weight is 334 g/mol. The molecule has 0 radical (unpaired) electrons. The first-order valence-electron chi connectivity index (χ1n) is 5.84. The second-order valence-corrected chi connectivity index (χ2v) is 6.63.